The van der Waals surface area contributed by atoms with Gasteiger partial charge in [-0.1, -0.05) is 43.5 Å². The molecule has 1 aromatic rings. The molecule has 0 spiro atoms. The molecule has 1 N–H and O–H groups in total. The summed E-state index contributed by atoms with van der Waals surface area (Å²) in [5.74, 6) is -0.0815. The van der Waals surface area contributed by atoms with Gasteiger partial charge in [0, 0.05) is 19.5 Å². The van der Waals surface area contributed by atoms with Crippen molar-refractivity contribution in [2.45, 2.75) is 58.5 Å². The van der Waals surface area contributed by atoms with E-state index in [9.17, 15) is 9.59 Å². The second kappa shape index (κ2) is 7.97. The summed E-state index contributed by atoms with van der Waals surface area (Å²) in [5.41, 5.74) is 2.28. The first kappa shape index (κ1) is 16.5. The Hall–Kier alpha value is -1.84. The molecule has 1 saturated carbocycles. The van der Waals surface area contributed by atoms with Gasteiger partial charge in [-0.05, 0) is 30.9 Å². The highest BCUT2D eigenvalue weighted by molar-refractivity contribution is 5.84. The predicted octanol–water partition coefficient (Wildman–Crippen LogP) is 2.79. The highest BCUT2D eigenvalue weighted by atomic mass is 16.2. The van der Waals surface area contributed by atoms with Crippen LogP contribution in [0.4, 0.5) is 0 Å². The minimum absolute atomic E-state index is 0.00191. The Kier molecular flexibility index (Phi) is 5.99. The van der Waals surface area contributed by atoms with Gasteiger partial charge in [-0.2, -0.15) is 0 Å². The Morgan fingerprint density at radius 3 is 2.50 bits per heavy atom. The molecule has 22 heavy (non-hydrogen) atoms. The summed E-state index contributed by atoms with van der Waals surface area (Å²) in [4.78, 5) is 25.8. The van der Waals surface area contributed by atoms with Gasteiger partial charge < -0.3 is 10.2 Å². The van der Waals surface area contributed by atoms with Crippen molar-refractivity contribution >= 4 is 11.8 Å². The van der Waals surface area contributed by atoms with Gasteiger partial charge in [0.2, 0.25) is 11.8 Å². The van der Waals surface area contributed by atoms with E-state index in [2.05, 4.69) is 5.32 Å². The molecule has 120 valence electrons. The standard InChI is InChI=1S/C18H26N2O2/c1-14-8-6-7-9-16(14)12-19-18(22)13-20(15(2)21)17-10-4-3-5-11-17/h6-9,17H,3-5,10-13H2,1-2H3,(H,19,22). The van der Waals surface area contributed by atoms with Crippen LogP contribution < -0.4 is 5.32 Å². The maximum Gasteiger partial charge on any atom is 0.239 e. The molecule has 1 aromatic carbocycles. The summed E-state index contributed by atoms with van der Waals surface area (Å²) >= 11 is 0. The molecule has 4 nitrogen and oxygen atoms in total. The van der Waals surface area contributed by atoms with Crippen LogP contribution in [0.1, 0.15) is 50.2 Å². The molecule has 1 fully saturated rings. The van der Waals surface area contributed by atoms with Crippen LogP contribution in [0.15, 0.2) is 24.3 Å². The second-order valence-electron chi connectivity index (χ2n) is 6.14. The molecule has 0 bridgehead atoms. The number of nitrogens with zero attached hydrogens (tertiary/aromatic N) is 1. The number of aryl methyl sites for hydroxylation is 1. The lowest BCUT2D eigenvalue weighted by Crippen LogP contribution is -2.46. The van der Waals surface area contributed by atoms with E-state index in [-0.39, 0.29) is 24.4 Å². The van der Waals surface area contributed by atoms with Crippen LogP contribution in [0, 0.1) is 6.92 Å². The van der Waals surface area contributed by atoms with E-state index in [1.165, 1.54) is 12.0 Å². The molecule has 0 heterocycles. The number of rotatable bonds is 5. The number of carbonyl (C=O) groups excluding carboxylic acids is 2. The van der Waals surface area contributed by atoms with Crippen LogP contribution in [-0.2, 0) is 16.1 Å². The number of nitrogens with one attached hydrogen (secondary N) is 1. The van der Waals surface area contributed by atoms with Gasteiger partial charge in [0.05, 0.1) is 6.54 Å². The molecular formula is C18H26N2O2. The molecule has 2 amide bonds. The van der Waals surface area contributed by atoms with E-state index in [4.69, 9.17) is 0 Å². The first-order valence-electron chi connectivity index (χ1n) is 8.16. The molecule has 0 aliphatic heterocycles. The number of carbonyl (C=O) groups is 2. The fourth-order valence-electron chi connectivity index (χ4n) is 3.10. The molecule has 0 saturated heterocycles. The number of benzene rings is 1. The van der Waals surface area contributed by atoms with E-state index < -0.39 is 0 Å². The van der Waals surface area contributed by atoms with E-state index >= 15 is 0 Å². The van der Waals surface area contributed by atoms with Crippen molar-refractivity contribution in [3.05, 3.63) is 35.4 Å². The zero-order chi connectivity index (χ0) is 15.9. The van der Waals surface area contributed by atoms with E-state index in [1.807, 2.05) is 31.2 Å². The van der Waals surface area contributed by atoms with Gasteiger partial charge in [-0.3, -0.25) is 9.59 Å². The molecular weight excluding hydrogens is 276 g/mol. The highest BCUT2D eigenvalue weighted by Crippen LogP contribution is 2.22. The molecule has 1 aliphatic carbocycles. The summed E-state index contributed by atoms with van der Waals surface area (Å²) in [5, 5.41) is 2.93. The Bertz CT molecular complexity index is 522. The number of amides is 2. The van der Waals surface area contributed by atoms with Crippen LogP contribution in [-0.4, -0.2) is 29.3 Å². The topological polar surface area (TPSA) is 49.4 Å². The fourth-order valence-corrected chi connectivity index (χ4v) is 3.10. The summed E-state index contributed by atoms with van der Waals surface area (Å²) < 4.78 is 0. The Morgan fingerprint density at radius 1 is 1.18 bits per heavy atom. The molecule has 0 radical (unpaired) electrons. The van der Waals surface area contributed by atoms with Crippen molar-refractivity contribution in [1.82, 2.24) is 10.2 Å². The maximum atomic E-state index is 12.2. The Morgan fingerprint density at radius 2 is 1.86 bits per heavy atom. The van der Waals surface area contributed by atoms with Crippen LogP contribution in [0.25, 0.3) is 0 Å². The average Bonchev–Trinajstić information content (AvgIpc) is 2.52. The number of hydrogen-bond acceptors (Lipinski definition) is 2. The zero-order valence-corrected chi connectivity index (χ0v) is 13.6. The highest BCUT2D eigenvalue weighted by Gasteiger charge is 2.24. The minimum atomic E-state index is -0.0796. The largest absolute Gasteiger partial charge is 0.350 e. The summed E-state index contributed by atoms with van der Waals surface area (Å²) in [7, 11) is 0. The Labute approximate surface area is 132 Å². The predicted molar refractivity (Wildman–Crippen MR) is 87.3 cm³/mol. The third kappa shape index (κ3) is 4.58. The van der Waals surface area contributed by atoms with Gasteiger partial charge in [-0.15, -0.1) is 0 Å². The van der Waals surface area contributed by atoms with E-state index in [1.54, 1.807) is 11.8 Å². The van der Waals surface area contributed by atoms with Crippen molar-refractivity contribution < 1.29 is 9.59 Å². The van der Waals surface area contributed by atoms with Crippen molar-refractivity contribution in [2.75, 3.05) is 6.54 Å². The normalized spacial score (nSPS) is 15.4. The van der Waals surface area contributed by atoms with Gasteiger partial charge in [0.15, 0.2) is 0 Å². The average molecular weight is 302 g/mol. The molecule has 4 heteroatoms. The lowest BCUT2D eigenvalue weighted by molar-refractivity contribution is -0.137. The lowest BCUT2D eigenvalue weighted by atomic mass is 9.94. The third-order valence-corrected chi connectivity index (χ3v) is 4.47. The molecule has 1 aliphatic rings. The van der Waals surface area contributed by atoms with Gasteiger partial charge in [0.25, 0.3) is 0 Å². The van der Waals surface area contributed by atoms with Crippen LogP contribution in [0.3, 0.4) is 0 Å². The summed E-state index contributed by atoms with van der Waals surface area (Å²) in [6.07, 6.45) is 5.58. The fraction of sp³-hybridized carbons (Fsp3) is 0.556. The zero-order valence-electron chi connectivity index (χ0n) is 13.6. The molecule has 0 atom stereocenters. The summed E-state index contributed by atoms with van der Waals surface area (Å²) in [6, 6.07) is 8.24. The Balaban J connectivity index is 1.88. The quantitative estimate of drug-likeness (QED) is 0.909. The monoisotopic (exact) mass is 302 g/mol. The van der Waals surface area contributed by atoms with Gasteiger partial charge in [-0.25, -0.2) is 0 Å². The SMILES string of the molecule is CC(=O)N(CC(=O)NCc1ccccc1C)C1CCCCC1. The van der Waals surface area contributed by atoms with Crippen LogP contribution in [0.5, 0.6) is 0 Å². The van der Waals surface area contributed by atoms with Gasteiger partial charge in [0.1, 0.15) is 0 Å². The number of hydrogen-bond donors (Lipinski definition) is 1. The van der Waals surface area contributed by atoms with Crippen molar-refractivity contribution in [3.8, 4) is 0 Å². The third-order valence-electron chi connectivity index (χ3n) is 4.47. The van der Waals surface area contributed by atoms with Crippen molar-refractivity contribution in [3.63, 3.8) is 0 Å². The molecule has 0 aromatic heterocycles. The second-order valence-corrected chi connectivity index (χ2v) is 6.14. The first-order chi connectivity index (χ1) is 10.6. The minimum Gasteiger partial charge on any atom is -0.350 e. The smallest absolute Gasteiger partial charge is 0.239 e. The van der Waals surface area contributed by atoms with E-state index in [0.29, 0.717) is 6.54 Å². The van der Waals surface area contributed by atoms with Gasteiger partial charge >= 0.3 is 0 Å². The summed E-state index contributed by atoms with van der Waals surface area (Å²) in [6.45, 7) is 4.28. The lowest BCUT2D eigenvalue weighted by Gasteiger charge is -2.33. The van der Waals surface area contributed by atoms with Crippen molar-refractivity contribution in [1.29, 1.82) is 0 Å². The van der Waals surface area contributed by atoms with Crippen LogP contribution in [0.2, 0.25) is 0 Å². The van der Waals surface area contributed by atoms with E-state index in [0.717, 1.165) is 31.2 Å². The maximum absolute atomic E-state index is 12.2. The first-order valence-corrected chi connectivity index (χ1v) is 8.16. The molecule has 0 unspecified atom stereocenters. The van der Waals surface area contributed by atoms with Crippen LogP contribution >= 0.6 is 0 Å². The molecule has 2 rings (SSSR count). The van der Waals surface area contributed by atoms with Crippen molar-refractivity contribution in [2.24, 2.45) is 0 Å².